The van der Waals surface area contributed by atoms with Crippen LogP contribution in [0.3, 0.4) is 0 Å². The minimum atomic E-state index is -0.906. The Labute approximate surface area is 193 Å². The van der Waals surface area contributed by atoms with Crippen LogP contribution in [0.4, 0.5) is 14.6 Å². The number of nitrogens with zero attached hydrogens (tertiary/aromatic N) is 4. The summed E-state index contributed by atoms with van der Waals surface area (Å²) in [6.07, 6.45) is 3.33. The van der Waals surface area contributed by atoms with Gasteiger partial charge in [0.15, 0.2) is 0 Å². The summed E-state index contributed by atoms with van der Waals surface area (Å²) in [5, 5.41) is 16.6. The van der Waals surface area contributed by atoms with Gasteiger partial charge < -0.3 is 20.5 Å². The Morgan fingerprint density at radius 1 is 1.32 bits per heavy atom. The topological polar surface area (TPSA) is 142 Å². The predicted molar refractivity (Wildman–Crippen MR) is 117 cm³/mol. The normalized spacial score (nSPS) is 12.0. The summed E-state index contributed by atoms with van der Waals surface area (Å²) in [6.45, 7) is 0.108. The van der Waals surface area contributed by atoms with Crippen molar-refractivity contribution in [1.82, 2.24) is 14.9 Å². The number of aromatic nitrogens is 2. The van der Waals surface area contributed by atoms with E-state index < -0.39 is 17.2 Å². The first-order valence-electron chi connectivity index (χ1n) is 9.88. The quantitative estimate of drug-likeness (QED) is 0.560. The highest BCUT2D eigenvalue weighted by molar-refractivity contribution is 5.94. The van der Waals surface area contributed by atoms with Crippen LogP contribution < -0.4 is 10.5 Å². The lowest BCUT2D eigenvalue weighted by Crippen LogP contribution is -2.37. The third-order valence-electron chi connectivity index (χ3n) is 5.19. The maximum absolute atomic E-state index is 14.9. The molecule has 0 spiro atoms. The van der Waals surface area contributed by atoms with Gasteiger partial charge in [-0.1, -0.05) is 0 Å². The molecule has 3 aromatic rings. The van der Waals surface area contributed by atoms with Gasteiger partial charge in [0, 0.05) is 55.2 Å². The van der Waals surface area contributed by atoms with E-state index in [-0.39, 0.29) is 41.6 Å². The van der Waals surface area contributed by atoms with Crippen LogP contribution in [0.25, 0.3) is 11.1 Å². The number of methoxy groups -OCH3 is 1. The van der Waals surface area contributed by atoms with Crippen LogP contribution in [0, 0.1) is 23.0 Å². The number of rotatable bonds is 3. The van der Waals surface area contributed by atoms with E-state index >= 15 is 0 Å². The van der Waals surface area contributed by atoms with Crippen molar-refractivity contribution in [2.75, 3.05) is 19.4 Å². The lowest BCUT2D eigenvalue weighted by atomic mass is 9.90. The van der Waals surface area contributed by atoms with Crippen LogP contribution in [0.1, 0.15) is 27.2 Å². The molecule has 174 valence electrons. The average molecular weight is 467 g/mol. The molecule has 2 aromatic heterocycles. The first-order valence-corrected chi connectivity index (χ1v) is 9.88. The second kappa shape index (κ2) is 10.4. The van der Waals surface area contributed by atoms with Crippen LogP contribution in [0.15, 0.2) is 36.7 Å². The van der Waals surface area contributed by atoms with E-state index in [1.807, 2.05) is 6.07 Å². The van der Waals surface area contributed by atoms with Crippen molar-refractivity contribution in [2.24, 2.45) is 0 Å². The molecule has 0 saturated carbocycles. The smallest absolute Gasteiger partial charge is 0.290 e. The Hall–Kier alpha value is -4.59. The number of ether oxygens (including phenoxy) is 1. The fourth-order valence-electron chi connectivity index (χ4n) is 3.72. The van der Waals surface area contributed by atoms with Crippen molar-refractivity contribution in [2.45, 2.75) is 13.0 Å². The number of nitriles is 1. The third-order valence-corrected chi connectivity index (χ3v) is 5.19. The summed E-state index contributed by atoms with van der Waals surface area (Å²) >= 11 is 0. The summed E-state index contributed by atoms with van der Waals surface area (Å²) in [4.78, 5) is 31.0. The van der Waals surface area contributed by atoms with E-state index in [1.165, 1.54) is 18.2 Å². The Balaban J connectivity index is 0.00000103. The summed E-state index contributed by atoms with van der Waals surface area (Å²) in [6, 6.07) is 7.25. The maximum atomic E-state index is 14.9. The Morgan fingerprint density at radius 3 is 2.56 bits per heavy atom. The van der Waals surface area contributed by atoms with E-state index in [0.717, 1.165) is 12.1 Å². The monoisotopic (exact) mass is 467 g/mol. The highest BCUT2D eigenvalue weighted by Crippen LogP contribution is 2.39. The minimum absolute atomic E-state index is 0.00142. The predicted octanol–water partition coefficient (Wildman–Crippen LogP) is 2.78. The molecular formula is C23H19F2N5O4. The van der Waals surface area contributed by atoms with E-state index in [0.29, 0.717) is 29.8 Å². The number of benzene rings is 1. The van der Waals surface area contributed by atoms with Crippen molar-refractivity contribution in [3.05, 3.63) is 70.7 Å². The zero-order valence-electron chi connectivity index (χ0n) is 18.0. The first-order chi connectivity index (χ1) is 16.4. The fraction of sp³-hybridized carbons (Fsp3) is 0.174. The summed E-state index contributed by atoms with van der Waals surface area (Å²) in [7, 11) is 1.29. The van der Waals surface area contributed by atoms with E-state index in [4.69, 9.17) is 20.4 Å². The van der Waals surface area contributed by atoms with Crippen molar-refractivity contribution in [3.8, 4) is 22.9 Å². The number of fused-ring (bicyclic) bond motifs is 1. The van der Waals surface area contributed by atoms with E-state index in [1.54, 1.807) is 18.3 Å². The molecule has 0 saturated heterocycles. The summed E-state index contributed by atoms with van der Waals surface area (Å²) in [5.74, 6) is -2.20. The van der Waals surface area contributed by atoms with Crippen molar-refractivity contribution < 1.29 is 28.2 Å². The minimum Gasteiger partial charge on any atom is -0.497 e. The molecule has 34 heavy (non-hydrogen) atoms. The zero-order valence-corrected chi connectivity index (χ0v) is 18.0. The number of halogens is 2. The van der Waals surface area contributed by atoms with Crippen molar-refractivity contribution in [3.63, 3.8) is 0 Å². The number of nitrogen functional groups attached to an aromatic ring is 1. The number of nitrogens with two attached hydrogens (primary N) is 1. The molecule has 1 aromatic carbocycles. The Morgan fingerprint density at radius 2 is 2.00 bits per heavy atom. The number of pyridine rings is 2. The molecule has 0 fully saturated rings. The molecule has 3 heterocycles. The highest BCUT2D eigenvalue weighted by atomic mass is 19.1. The van der Waals surface area contributed by atoms with Gasteiger partial charge in [-0.2, -0.15) is 5.26 Å². The first kappa shape index (κ1) is 24.1. The average Bonchev–Trinajstić information content (AvgIpc) is 2.83. The molecule has 0 atom stereocenters. The fourth-order valence-corrected chi connectivity index (χ4v) is 3.72. The largest absolute Gasteiger partial charge is 0.497 e. The van der Waals surface area contributed by atoms with Crippen LogP contribution >= 0.6 is 0 Å². The molecule has 0 bridgehead atoms. The summed E-state index contributed by atoms with van der Waals surface area (Å²) in [5.41, 5.74) is 6.67. The van der Waals surface area contributed by atoms with Gasteiger partial charge in [-0.15, -0.1) is 0 Å². The van der Waals surface area contributed by atoms with E-state index in [9.17, 15) is 18.8 Å². The number of hydrogen-bond acceptors (Lipinski definition) is 7. The lowest BCUT2D eigenvalue weighted by molar-refractivity contribution is -0.122. The maximum Gasteiger partial charge on any atom is 0.290 e. The molecule has 9 nitrogen and oxygen atoms in total. The van der Waals surface area contributed by atoms with Gasteiger partial charge in [-0.25, -0.2) is 13.8 Å². The van der Waals surface area contributed by atoms with E-state index in [2.05, 4.69) is 9.97 Å². The van der Waals surface area contributed by atoms with Crippen molar-refractivity contribution in [1.29, 1.82) is 5.26 Å². The van der Waals surface area contributed by atoms with Gasteiger partial charge >= 0.3 is 0 Å². The molecule has 1 amide bonds. The van der Waals surface area contributed by atoms with Crippen LogP contribution in [0.5, 0.6) is 5.75 Å². The molecule has 4 rings (SSSR count). The molecule has 1 aliphatic rings. The van der Waals surface area contributed by atoms with Crippen LogP contribution in [-0.2, 0) is 17.8 Å². The second-order valence-corrected chi connectivity index (χ2v) is 7.07. The van der Waals surface area contributed by atoms with Crippen LogP contribution in [-0.4, -0.2) is 46.0 Å². The molecule has 11 heteroatoms. The van der Waals surface area contributed by atoms with Gasteiger partial charge in [0.1, 0.15) is 34.8 Å². The van der Waals surface area contributed by atoms with Gasteiger partial charge in [0.2, 0.25) is 0 Å². The molecule has 1 aliphatic heterocycles. The number of amides is 1. The molecule has 0 aliphatic carbocycles. The zero-order chi connectivity index (χ0) is 24.8. The third kappa shape index (κ3) is 4.61. The number of carboxylic acid groups (broad SMARTS) is 1. The van der Waals surface area contributed by atoms with Crippen molar-refractivity contribution >= 4 is 18.2 Å². The Bertz CT molecular complexity index is 1260. The molecule has 3 N–H and O–H groups in total. The van der Waals surface area contributed by atoms with Gasteiger partial charge in [0.25, 0.3) is 12.4 Å². The number of carbonyl (C=O) groups is 2. The lowest BCUT2D eigenvalue weighted by Gasteiger charge is -2.30. The number of anilines is 1. The van der Waals surface area contributed by atoms with Gasteiger partial charge in [0.05, 0.1) is 23.9 Å². The van der Waals surface area contributed by atoms with Gasteiger partial charge in [-0.05, 0) is 12.1 Å². The molecular weight excluding hydrogens is 448 g/mol. The standard InChI is InChI=1S/C22H17F2N5O2.CH2O2/c1-31-13-7-16(23)20(17(24)8-13)19-14(9-25)21(26)28-18-4-6-29(11-15(18)19)22(30)12-3-2-5-27-10-12;2-1-3/h2-3,5,7-8,10H,4,6,11H2,1H3,(H2,26,28);1H,(H,2,3). The van der Waals surface area contributed by atoms with Gasteiger partial charge in [-0.3, -0.25) is 14.6 Å². The molecule has 0 radical (unpaired) electrons. The second-order valence-electron chi connectivity index (χ2n) is 7.07. The number of carbonyl (C=O) groups excluding carboxylic acids is 1. The molecule has 0 unspecified atom stereocenters. The number of hydrogen-bond donors (Lipinski definition) is 2. The van der Waals surface area contributed by atoms with Crippen LogP contribution in [0.2, 0.25) is 0 Å². The highest BCUT2D eigenvalue weighted by Gasteiger charge is 2.30. The summed E-state index contributed by atoms with van der Waals surface area (Å²) < 4.78 is 34.8. The SMILES string of the molecule is COc1cc(F)c(-c2c(C#N)c(N)nc3c2CN(C(=O)c2cccnc2)CC3)c(F)c1.O=CO. The Kier molecular flexibility index (Phi) is 7.33.